The third-order valence-electron chi connectivity index (χ3n) is 9.41. The Balaban J connectivity index is 1.22. The number of hydrogen-bond acceptors (Lipinski definition) is 6. The van der Waals surface area contributed by atoms with E-state index in [0.29, 0.717) is 53.0 Å². The molecule has 0 spiro atoms. The van der Waals surface area contributed by atoms with Crippen LogP contribution in [0.3, 0.4) is 0 Å². The van der Waals surface area contributed by atoms with Crippen molar-refractivity contribution < 1.29 is 27.5 Å². The Morgan fingerprint density at radius 1 is 1.06 bits per heavy atom. The molecular weight excluding hydrogens is 645 g/mol. The maximum atomic E-state index is 14.4. The number of imidazole rings is 1. The number of nitrogens with one attached hydrogen (secondary N) is 2. The van der Waals surface area contributed by atoms with Crippen molar-refractivity contribution in [3.05, 3.63) is 101 Å². The van der Waals surface area contributed by atoms with Crippen LogP contribution in [0.5, 0.6) is 0 Å². The molecule has 0 saturated heterocycles. The minimum Gasteiger partial charge on any atom is -0.381 e. The van der Waals surface area contributed by atoms with Gasteiger partial charge in [0.05, 0.1) is 45.2 Å². The van der Waals surface area contributed by atoms with Crippen LogP contribution in [-0.2, 0) is 29.2 Å². The number of carbonyl (C=O) groups is 2. The molecule has 1 amide bonds. The van der Waals surface area contributed by atoms with Crippen LogP contribution in [0.15, 0.2) is 72.9 Å². The van der Waals surface area contributed by atoms with Gasteiger partial charge in [-0.1, -0.05) is 19.1 Å². The summed E-state index contributed by atoms with van der Waals surface area (Å²) >= 11 is 0. The molecule has 1 aliphatic carbocycles. The number of nitrogens with zero attached hydrogens (tertiary/aromatic N) is 4. The molecule has 258 valence electrons. The van der Waals surface area contributed by atoms with E-state index in [2.05, 4.69) is 15.6 Å². The fourth-order valence-electron chi connectivity index (χ4n) is 6.73. The lowest BCUT2D eigenvalue weighted by Crippen LogP contribution is -2.35. The van der Waals surface area contributed by atoms with Gasteiger partial charge in [0.1, 0.15) is 11.9 Å². The molecule has 3 heterocycles. The second-order valence-corrected chi connectivity index (χ2v) is 12.4. The molecule has 5 aromatic rings. The van der Waals surface area contributed by atoms with E-state index in [9.17, 15) is 28.0 Å². The van der Waals surface area contributed by atoms with Gasteiger partial charge in [0.15, 0.2) is 0 Å². The van der Waals surface area contributed by atoms with E-state index in [-0.39, 0.29) is 28.1 Å². The zero-order valence-corrected chi connectivity index (χ0v) is 28.0. The van der Waals surface area contributed by atoms with Crippen molar-refractivity contribution in [1.29, 1.82) is 5.26 Å². The number of ether oxygens (including phenoxy) is 1. The van der Waals surface area contributed by atoms with Gasteiger partial charge in [0, 0.05) is 56.6 Å². The lowest BCUT2D eigenvalue weighted by atomic mass is 9.93. The highest BCUT2D eigenvalue weighted by Crippen LogP contribution is 2.41. The normalized spacial score (nSPS) is 16.7. The van der Waals surface area contributed by atoms with Gasteiger partial charge in [-0.15, -0.1) is 0 Å². The number of pyridine rings is 1. The van der Waals surface area contributed by atoms with Crippen molar-refractivity contribution in [2.24, 2.45) is 7.05 Å². The van der Waals surface area contributed by atoms with Gasteiger partial charge in [-0.2, -0.15) is 18.4 Å². The quantitative estimate of drug-likeness (QED) is 0.119. The molecule has 0 atom stereocenters. The molecule has 0 unspecified atom stereocenters. The predicted octanol–water partition coefficient (Wildman–Crippen LogP) is 7.22. The van der Waals surface area contributed by atoms with Gasteiger partial charge in [0.25, 0.3) is 0 Å². The molecule has 9 nitrogen and oxygen atoms in total. The fourth-order valence-corrected chi connectivity index (χ4v) is 6.73. The number of rotatable bonds is 10. The van der Waals surface area contributed by atoms with Crippen LogP contribution in [0.2, 0.25) is 0 Å². The van der Waals surface area contributed by atoms with Crippen LogP contribution in [0.1, 0.15) is 65.6 Å². The smallest absolute Gasteiger partial charge is 0.381 e. The highest BCUT2D eigenvalue weighted by atomic mass is 19.4. The second-order valence-electron chi connectivity index (χ2n) is 12.4. The number of methoxy groups -OCH3 is 1. The summed E-state index contributed by atoms with van der Waals surface area (Å²) in [5.41, 5.74) is 1.42. The summed E-state index contributed by atoms with van der Waals surface area (Å²) in [5.74, 6) is -0.184. The summed E-state index contributed by atoms with van der Waals surface area (Å²) in [6.07, 6.45) is 4.99. The van der Waals surface area contributed by atoms with Crippen LogP contribution < -0.4 is 10.6 Å². The number of aromatic nitrogens is 3. The van der Waals surface area contributed by atoms with Gasteiger partial charge in [-0.3, -0.25) is 9.59 Å². The van der Waals surface area contributed by atoms with E-state index in [1.165, 1.54) is 30.3 Å². The Kier molecular flexibility index (Phi) is 9.90. The molecule has 2 aromatic carbocycles. The number of aryl methyl sites for hydroxylation is 2. The Labute approximate surface area is 287 Å². The summed E-state index contributed by atoms with van der Waals surface area (Å²) in [4.78, 5) is 30.9. The number of fused-ring (bicyclic) bond motifs is 2. The molecule has 3 aromatic heterocycles. The fraction of sp³-hybridized carbons (Fsp3) is 0.316. The van der Waals surface area contributed by atoms with Crippen LogP contribution in [-0.4, -0.2) is 51.4 Å². The van der Waals surface area contributed by atoms with Crippen molar-refractivity contribution in [2.45, 2.75) is 57.3 Å². The lowest BCUT2D eigenvalue weighted by Gasteiger charge is -2.27. The van der Waals surface area contributed by atoms with Gasteiger partial charge in [0.2, 0.25) is 11.7 Å². The predicted molar refractivity (Wildman–Crippen MR) is 185 cm³/mol. The summed E-state index contributed by atoms with van der Waals surface area (Å²) in [6.45, 7) is 2.42. The molecule has 0 aliphatic heterocycles. The first-order chi connectivity index (χ1) is 24.0. The number of benzene rings is 2. The van der Waals surface area contributed by atoms with Crippen LogP contribution in [0, 0.1) is 11.3 Å². The zero-order valence-electron chi connectivity index (χ0n) is 28.0. The van der Waals surface area contributed by atoms with Crippen LogP contribution in [0.25, 0.3) is 27.7 Å². The molecular formula is C38H37F3N6O3. The first kappa shape index (κ1) is 34.6. The third-order valence-corrected chi connectivity index (χ3v) is 9.41. The van der Waals surface area contributed by atoms with Crippen LogP contribution in [0.4, 0.5) is 18.9 Å². The minimum absolute atomic E-state index is 0.0423. The largest absolute Gasteiger partial charge is 0.417 e. The molecule has 1 aliphatic rings. The monoisotopic (exact) mass is 682 g/mol. The number of ketones is 1. The van der Waals surface area contributed by atoms with E-state index >= 15 is 0 Å². The topological polar surface area (TPSA) is 113 Å². The number of alkyl halides is 3. The Morgan fingerprint density at radius 3 is 2.54 bits per heavy atom. The van der Waals surface area contributed by atoms with E-state index in [0.717, 1.165) is 31.7 Å². The molecule has 0 bridgehead atoms. The summed E-state index contributed by atoms with van der Waals surface area (Å²) in [7, 11) is 3.43. The Hall–Kier alpha value is -5.25. The highest BCUT2D eigenvalue weighted by molar-refractivity contribution is 6.10. The molecule has 1 saturated carbocycles. The van der Waals surface area contributed by atoms with E-state index < -0.39 is 23.4 Å². The van der Waals surface area contributed by atoms with Gasteiger partial charge < -0.3 is 24.3 Å². The average Bonchev–Trinajstić information content (AvgIpc) is 3.69. The van der Waals surface area contributed by atoms with Gasteiger partial charge >= 0.3 is 6.18 Å². The molecule has 2 N–H and O–H groups in total. The SMILES string of the molecule is CCc1nc2cc(-c3cccn4c(C(=O)c5ccc(NC(=O)/C=C/CN[C@H]6CC[C@H](OC)CC6)c(C#N)c5)ccc34)c(C(F)(F)F)cc2n1C. The summed E-state index contributed by atoms with van der Waals surface area (Å²) in [6, 6.07) is 15.7. The summed E-state index contributed by atoms with van der Waals surface area (Å²) in [5, 5.41) is 16.0. The lowest BCUT2D eigenvalue weighted by molar-refractivity contribution is -0.137. The summed E-state index contributed by atoms with van der Waals surface area (Å²) < 4.78 is 51.9. The van der Waals surface area contributed by atoms with Crippen molar-refractivity contribution >= 4 is 33.9 Å². The van der Waals surface area contributed by atoms with Gasteiger partial charge in [-0.05, 0) is 79.8 Å². The van der Waals surface area contributed by atoms with Gasteiger partial charge in [-0.25, -0.2) is 4.98 Å². The number of carbonyl (C=O) groups excluding carboxylic acids is 2. The van der Waals surface area contributed by atoms with Crippen molar-refractivity contribution in [1.82, 2.24) is 19.3 Å². The van der Waals surface area contributed by atoms with Crippen molar-refractivity contribution in [2.75, 3.05) is 19.0 Å². The molecule has 0 radical (unpaired) electrons. The van der Waals surface area contributed by atoms with Crippen LogP contribution >= 0.6 is 0 Å². The molecule has 50 heavy (non-hydrogen) atoms. The zero-order chi connectivity index (χ0) is 35.6. The Bertz CT molecular complexity index is 2150. The number of nitriles is 1. The first-order valence-electron chi connectivity index (χ1n) is 16.5. The van der Waals surface area contributed by atoms with E-state index in [1.54, 1.807) is 59.7 Å². The first-order valence-corrected chi connectivity index (χ1v) is 16.5. The van der Waals surface area contributed by atoms with E-state index in [1.807, 2.05) is 13.0 Å². The molecule has 6 rings (SSSR count). The highest BCUT2D eigenvalue weighted by Gasteiger charge is 2.35. The molecule has 1 fully saturated rings. The number of anilines is 1. The maximum Gasteiger partial charge on any atom is 0.417 e. The van der Waals surface area contributed by atoms with Crippen molar-refractivity contribution in [3.8, 4) is 17.2 Å². The average molecular weight is 683 g/mol. The van der Waals surface area contributed by atoms with Crippen molar-refractivity contribution in [3.63, 3.8) is 0 Å². The minimum atomic E-state index is -4.64. The standard InChI is InChI=1S/C38H37F3N6O3/c1-4-35-44-31-20-28(29(38(39,40)41)21-34(31)46(35)2)27-7-6-18-47-32(27)15-16-33(47)37(49)23-9-14-30(24(19-23)22-42)45-36(48)8-5-17-43-25-10-12-26(50-3)13-11-25/h5-9,14-16,18-21,25-26,43H,4,10-13,17H2,1-3H3,(H,45,48)/b8-5+/t25-,26-. The third kappa shape index (κ3) is 6.92. The number of hydrogen-bond donors (Lipinski definition) is 2. The van der Waals surface area contributed by atoms with E-state index in [4.69, 9.17) is 4.74 Å². The Morgan fingerprint density at radius 2 is 1.84 bits per heavy atom. The number of halogens is 3. The maximum absolute atomic E-state index is 14.4. The second kappa shape index (κ2) is 14.3. The molecule has 12 heteroatoms. The number of amides is 1.